The van der Waals surface area contributed by atoms with Crippen LogP contribution in [-0.2, 0) is 5.33 Å². The molecule has 0 N–H and O–H groups in total. The highest BCUT2D eigenvalue weighted by molar-refractivity contribution is 9.08. The fourth-order valence-electron chi connectivity index (χ4n) is 2.68. The van der Waals surface area contributed by atoms with Crippen molar-refractivity contribution in [3.8, 4) is 0 Å². The van der Waals surface area contributed by atoms with E-state index >= 15 is 0 Å². The van der Waals surface area contributed by atoms with Crippen LogP contribution in [0.2, 0.25) is 0 Å². The molecule has 1 nitrogen and oxygen atoms in total. The van der Waals surface area contributed by atoms with Crippen LogP contribution >= 0.6 is 15.9 Å². The third-order valence-electron chi connectivity index (χ3n) is 3.71. The van der Waals surface area contributed by atoms with Crippen LogP contribution in [-0.4, -0.2) is 13.1 Å². The Labute approximate surface area is 115 Å². The average Bonchev–Trinajstić information content (AvgIpc) is 2.38. The normalized spacial score (nSPS) is 16.9. The SMILES string of the molecule is CN(c1c(F)cc(CBr)cc1F)C1CCCCC1. The number of rotatable bonds is 3. The van der Waals surface area contributed by atoms with E-state index in [1.54, 1.807) is 11.9 Å². The smallest absolute Gasteiger partial charge is 0.149 e. The summed E-state index contributed by atoms with van der Waals surface area (Å²) in [6.07, 6.45) is 5.58. The van der Waals surface area contributed by atoms with E-state index in [4.69, 9.17) is 0 Å². The molecule has 0 spiro atoms. The van der Waals surface area contributed by atoms with E-state index in [2.05, 4.69) is 15.9 Å². The van der Waals surface area contributed by atoms with Crippen molar-refractivity contribution in [3.63, 3.8) is 0 Å². The molecule has 0 radical (unpaired) electrons. The lowest BCUT2D eigenvalue weighted by Crippen LogP contribution is -2.34. The van der Waals surface area contributed by atoms with Gasteiger partial charge in [-0.15, -0.1) is 0 Å². The van der Waals surface area contributed by atoms with Gasteiger partial charge in [-0.1, -0.05) is 35.2 Å². The lowest BCUT2D eigenvalue weighted by atomic mass is 9.94. The van der Waals surface area contributed by atoms with Gasteiger partial charge in [0.05, 0.1) is 0 Å². The molecule has 0 aromatic heterocycles. The Morgan fingerprint density at radius 1 is 1.17 bits per heavy atom. The van der Waals surface area contributed by atoms with Crippen molar-refractivity contribution in [1.29, 1.82) is 0 Å². The van der Waals surface area contributed by atoms with Crippen LogP contribution in [0.3, 0.4) is 0 Å². The molecule has 1 fully saturated rings. The number of alkyl halides is 1. The number of anilines is 1. The highest BCUT2D eigenvalue weighted by atomic mass is 79.9. The minimum atomic E-state index is -0.461. The Morgan fingerprint density at radius 2 is 1.72 bits per heavy atom. The van der Waals surface area contributed by atoms with Crippen LogP contribution in [0.15, 0.2) is 12.1 Å². The van der Waals surface area contributed by atoms with E-state index in [1.165, 1.54) is 18.6 Å². The monoisotopic (exact) mass is 317 g/mol. The van der Waals surface area contributed by atoms with Gasteiger partial charge in [0.2, 0.25) is 0 Å². The summed E-state index contributed by atoms with van der Waals surface area (Å²) in [5.74, 6) is -0.921. The Balaban J connectivity index is 2.26. The summed E-state index contributed by atoms with van der Waals surface area (Å²) in [6, 6.07) is 3.08. The fourth-order valence-corrected chi connectivity index (χ4v) is 3.01. The van der Waals surface area contributed by atoms with Crippen molar-refractivity contribution in [2.24, 2.45) is 0 Å². The van der Waals surface area contributed by atoms with Gasteiger partial charge >= 0.3 is 0 Å². The second-order valence-electron chi connectivity index (χ2n) is 4.94. The van der Waals surface area contributed by atoms with Gasteiger partial charge in [0.1, 0.15) is 17.3 Å². The molecule has 1 saturated carbocycles. The van der Waals surface area contributed by atoms with E-state index in [0.29, 0.717) is 10.9 Å². The highest BCUT2D eigenvalue weighted by Gasteiger charge is 2.23. The van der Waals surface area contributed by atoms with Gasteiger partial charge in [0.15, 0.2) is 0 Å². The predicted molar refractivity (Wildman–Crippen MR) is 74.3 cm³/mol. The number of benzene rings is 1. The van der Waals surface area contributed by atoms with Crippen LogP contribution in [0.5, 0.6) is 0 Å². The second kappa shape index (κ2) is 6.00. The molecule has 1 aromatic carbocycles. The van der Waals surface area contributed by atoms with E-state index < -0.39 is 11.6 Å². The number of hydrogen-bond acceptors (Lipinski definition) is 1. The van der Waals surface area contributed by atoms with Gasteiger partial charge in [-0.2, -0.15) is 0 Å². The maximum absolute atomic E-state index is 14.0. The molecule has 0 bridgehead atoms. The van der Waals surface area contributed by atoms with Gasteiger partial charge in [-0.25, -0.2) is 8.78 Å². The Bertz CT molecular complexity index is 393. The molecule has 0 aliphatic heterocycles. The molecule has 0 amide bonds. The molecule has 0 atom stereocenters. The quantitative estimate of drug-likeness (QED) is 0.735. The van der Waals surface area contributed by atoms with E-state index in [-0.39, 0.29) is 11.7 Å². The van der Waals surface area contributed by atoms with Crippen molar-refractivity contribution in [2.75, 3.05) is 11.9 Å². The number of hydrogen-bond donors (Lipinski definition) is 0. The van der Waals surface area contributed by atoms with E-state index in [1.807, 2.05) is 0 Å². The summed E-state index contributed by atoms with van der Waals surface area (Å²) in [4.78, 5) is 1.78. The number of nitrogens with zero attached hydrogens (tertiary/aromatic N) is 1. The maximum Gasteiger partial charge on any atom is 0.149 e. The van der Waals surface area contributed by atoms with Crippen LogP contribution in [0.4, 0.5) is 14.5 Å². The molecular formula is C14H18BrF2N. The van der Waals surface area contributed by atoms with E-state index in [9.17, 15) is 8.78 Å². The number of halogens is 3. The van der Waals surface area contributed by atoms with Gasteiger partial charge in [0, 0.05) is 18.4 Å². The molecule has 1 aliphatic rings. The van der Waals surface area contributed by atoms with Gasteiger partial charge in [-0.05, 0) is 30.5 Å². The first-order valence-electron chi connectivity index (χ1n) is 6.40. The van der Waals surface area contributed by atoms with Crippen molar-refractivity contribution in [1.82, 2.24) is 0 Å². The van der Waals surface area contributed by atoms with Crippen LogP contribution in [0.1, 0.15) is 37.7 Å². The van der Waals surface area contributed by atoms with E-state index in [0.717, 1.165) is 25.7 Å². The Kier molecular flexibility index (Phi) is 4.60. The molecule has 1 aromatic rings. The zero-order chi connectivity index (χ0) is 13.1. The minimum Gasteiger partial charge on any atom is -0.367 e. The van der Waals surface area contributed by atoms with Crippen LogP contribution in [0, 0.1) is 11.6 Å². The first kappa shape index (κ1) is 13.8. The van der Waals surface area contributed by atoms with Gasteiger partial charge in [0.25, 0.3) is 0 Å². The molecular weight excluding hydrogens is 300 g/mol. The van der Waals surface area contributed by atoms with Crippen molar-refractivity contribution >= 4 is 21.6 Å². The zero-order valence-corrected chi connectivity index (χ0v) is 12.1. The highest BCUT2D eigenvalue weighted by Crippen LogP contribution is 2.31. The summed E-state index contributed by atoms with van der Waals surface area (Å²) in [5, 5.41) is 0.467. The third kappa shape index (κ3) is 2.85. The molecule has 4 heteroatoms. The molecule has 1 aliphatic carbocycles. The molecule has 0 saturated heterocycles. The lowest BCUT2D eigenvalue weighted by Gasteiger charge is -2.33. The molecule has 0 heterocycles. The standard InChI is InChI=1S/C14H18BrF2N/c1-18(11-5-3-2-4-6-11)14-12(16)7-10(9-15)8-13(14)17/h7-8,11H,2-6,9H2,1H3. The molecule has 0 unspecified atom stereocenters. The molecule has 18 heavy (non-hydrogen) atoms. The Hall–Kier alpha value is -0.640. The van der Waals surface area contributed by atoms with Crippen molar-refractivity contribution in [3.05, 3.63) is 29.3 Å². The Morgan fingerprint density at radius 3 is 2.22 bits per heavy atom. The fraction of sp³-hybridized carbons (Fsp3) is 0.571. The lowest BCUT2D eigenvalue weighted by molar-refractivity contribution is 0.420. The van der Waals surface area contributed by atoms with Crippen molar-refractivity contribution < 1.29 is 8.78 Å². The third-order valence-corrected chi connectivity index (χ3v) is 4.35. The second-order valence-corrected chi connectivity index (χ2v) is 5.51. The summed E-state index contributed by atoms with van der Waals surface area (Å²) in [6.45, 7) is 0. The molecule has 2 rings (SSSR count). The topological polar surface area (TPSA) is 3.24 Å². The average molecular weight is 318 g/mol. The minimum absolute atomic E-state index is 0.117. The zero-order valence-electron chi connectivity index (χ0n) is 10.6. The van der Waals surface area contributed by atoms with Gasteiger partial charge in [-0.3, -0.25) is 0 Å². The summed E-state index contributed by atoms with van der Waals surface area (Å²) in [5.41, 5.74) is 0.748. The summed E-state index contributed by atoms with van der Waals surface area (Å²) in [7, 11) is 1.80. The van der Waals surface area contributed by atoms with Crippen molar-refractivity contribution in [2.45, 2.75) is 43.5 Å². The molecule has 100 valence electrons. The first-order chi connectivity index (χ1) is 8.63. The van der Waals surface area contributed by atoms with Crippen LogP contribution < -0.4 is 4.90 Å². The summed E-state index contributed by atoms with van der Waals surface area (Å²) >= 11 is 3.22. The predicted octanol–water partition coefficient (Wildman–Crippen LogP) is 4.63. The van der Waals surface area contributed by atoms with Gasteiger partial charge < -0.3 is 4.90 Å². The first-order valence-corrected chi connectivity index (χ1v) is 7.52. The summed E-state index contributed by atoms with van der Waals surface area (Å²) < 4.78 is 28.0. The van der Waals surface area contributed by atoms with Crippen LogP contribution in [0.25, 0.3) is 0 Å². The largest absolute Gasteiger partial charge is 0.367 e. The maximum atomic E-state index is 14.0.